The molecule has 1 aliphatic rings. The number of thiophene rings is 1. The van der Waals surface area contributed by atoms with E-state index in [0.717, 1.165) is 67.3 Å². The van der Waals surface area contributed by atoms with Crippen molar-refractivity contribution in [3.8, 4) is 0 Å². The van der Waals surface area contributed by atoms with Gasteiger partial charge in [0.2, 0.25) is 0 Å². The number of unbranched alkanes of at least 4 members (excludes halogenated alkanes) is 3. The molecule has 0 N–H and O–H groups in total. The Hall–Kier alpha value is -2.52. The number of piperidine rings is 1. The van der Waals surface area contributed by atoms with Gasteiger partial charge in [0.25, 0.3) is 5.91 Å². The summed E-state index contributed by atoms with van der Waals surface area (Å²) < 4.78 is 0. The van der Waals surface area contributed by atoms with Crippen molar-refractivity contribution in [1.82, 2.24) is 9.88 Å². The predicted molar refractivity (Wildman–Crippen MR) is 123 cm³/mol. The van der Waals surface area contributed by atoms with Gasteiger partial charge >= 0.3 is 0 Å². The topological polar surface area (TPSA) is 49.9 Å². The minimum Gasteiger partial charge on any atom is -0.338 e. The van der Waals surface area contributed by atoms with Gasteiger partial charge in [-0.3, -0.25) is 9.78 Å². The highest BCUT2D eigenvalue weighted by Crippen LogP contribution is 2.25. The van der Waals surface area contributed by atoms with E-state index in [1.807, 2.05) is 40.7 Å². The molecule has 2 aromatic rings. The zero-order valence-electron chi connectivity index (χ0n) is 17.5. The first-order valence-corrected chi connectivity index (χ1v) is 11.8. The van der Waals surface area contributed by atoms with Crippen LogP contribution in [0.5, 0.6) is 0 Å². The first kappa shape index (κ1) is 22.2. The van der Waals surface area contributed by atoms with E-state index < -0.39 is 0 Å². The molecule has 2 aromatic heterocycles. The van der Waals surface area contributed by atoms with E-state index in [1.54, 1.807) is 6.20 Å². The van der Waals surface area contributed by atoms with Crippen LogP contribution in [0.2, 0.25) is 0 Å². The average Bonchev–Trinajstić information content (AvgIpc) is 3.32. The summed E-state index contributed by atoms with van der Waals surface area (Å²) in [5, 5.41) is 5.97. The molecule has 0 aromatic carbocycles. The highest BCUT2D eigenvalue weighted by atomic mass is 32.1. The summed E-state index contributed by atoms with van der Waals surface area (Å²) >= 11 is 1.53. The van der Waals surface area contributed by atoms with E-state index >= 15 is 0 Å². The van der Waals surface area contributed by atoms with Gasteiger partial charge in [0, 0.05) is 31.9 Å². The van der Waals surface area contributed by atoms with E-state index in [4.69, 9.17) is 6.57 Å². The standard InChI is InChI=1S/C24H30N4OS/c1-25-27-22(18-21-9-6-14-26-19-21)10-5-3-2-4-8-20-12-15-28(16-13-20)24(29)23-11-7-17-30-23/h6-7,9,11,14,17,19-20H,2-5,8,10,12-13,15-16,18H2/b27-22+. The van der Waals surface area contributed by atoms with E-state index in [1.165, 1.54) is 37.0 Å². The number of carbonyl (C=O) groups is 1. The molecular formula is C24H30N4OS. The monoisotopic (exact) mass is 422 g/mol. The highest BCUT2D eigenvalue weighted by Gasteiger charge is 2.23. The zero-order valence-corrected chi connectivity index (χ0v) is 18.3. The van der Waals surface area contributed by atoms with Crippen molar-refractivity contribution < 1.29 is 4.79 Å². The molecule has 1 aliphatic heterocycles. The predicted octanol–water partition coefficient (Wildman–Crippen LogP) is 5.85. The Morgan fingerprint density at radius 1 is 1.20 bits per heavy atom. The van der Waals surface area contributed by atoms with Gasteiger partial charge < -0.3 is 4.90 Å². The second-order valence-corrected chi connectivity index (χ2v) is 8.92. The van der Waals surface area contributed by atoms with E-state index in [0.29, 0.717) is 0 Å². The number of aromatic nitrogens is 1. The minimum atomic E-state index is 0.201. The van der Waals surface area contributed by atoms with Crippen molar-refractivity contribution in [2.24, 2.45) is 11.0 Å². The zero-order chi connectivity index (χ0) is 21.0. The van der Waals surface area contributed by atoms with Crippen molar-refractivity contribution in [2.75, 3.05) is 13.1 Å². The SMILES string of the molecule is [C-]#[N+]/N=C(\CCCCCCC1CCN(C(=O)c2cccs2)CC1)Cc1cccnc1. The first-order valence-electron chi connectivity index (χ1n) is 10.9. The van der Waals surface area contributed by atoms with E-state index in [-0.39, 0.29) is 5.91 Å². The normalized spacial score (nSPS) is 15.2. The summed E-state index contributed by atoms with van der Waals surface area (Å²) in [6, 6.07) is 7.82. The summed E-state index contributed by atoms with van der Waals surface area (Å²) in [4.78, 5) is 22.7. The summed E-state index contributed by atoms with van der Waals surface area (Å²) in [6.45, 7) is 8.83. The van der Waals surface area contributed by atoms with E-state index in [9.17, 15) is 4.79 Å². The Morgan fingerprint density at radius 3 is 2.73 bits per heavy atom. The first-order chi connectivity index (χ1) is 14.8. The summed E-state index contributed by atoms with van der Waals surface area (Å²) in [5.74, 6) is 0.953. The summed E-state index contributed by atoms with van der Waals surface area (Å²) in [7, 11) is 0. The molecule has 1 fully saturated rings. The third kappa shape index (κ3) is 7.07. The van der Waals surface area contributed by atoms with Gasteiger partial charge in [0.15, 0.2) is 0 Å². The number of nitrogens with zero attached hydrogens (tertiary/aromatic N) is 4. The molecule has 158 valence electrons. The van der Waals surface area contributed by atoms with Crippen molar-refractivity contribution in [2.45, 2.75) is 57.8 Å². The lowest BCUT2D eigenvalue weighted by Gasteiger charge is -2.31. The van der Waals surface area contributed by atoms with Crippen molar-refractivity contribution in [3.05, 3.63) is 64.0 Å². The van der Waals surface area contributed by atoms with Crippen molar-refractivity contribution in [3.63, 3.8) is 0 Å². The van der Waals surface area contributed by atoms with Crippen molar-refractivity contribution >= 4 is 23.0 Å². The number of pyridine rings is 1. The quantitative estimate of drug-likeness (QED) is 0.209. The molecular weight excluding hydrogens is 392 g/mol. The Labute approximate surface area is 183 Å². The molecule has 1 saturated heterocycles. The van der Waals surface area contributed by atoms with Crippen LogP contribution in [0.3, 0.4) is 0 Å². The Kier molecular flexibility index (Phi) is 9.04. The maximum Gasteiger partial charge on any atom is 0.263 e. The van der Waals surface area contributed by atoms with Gasteiger partial charge in [-0.2, -0.15) is 6.57 Å². The number of carbonyl (C=O) groups excluding carboxylic acids is 1. The molecule has 0 saturated carbocycles. The van der Waals surface area contributed by atoms with Gasteiger partial charge in [0.1, 0.15) is 5.71 Å². The molecule has 0 bridgehead atoms. The largest absolute Gasteiger partial charge is 0.338 e. The van der Waals surface area contributed by atoms with Gasteiger partial charge in [-0.05, 0) is 54.7 Å². The molecule has 0 unspecified atom stereocenters. The summed E-state index contributed by atoms with van der Waals surface area (Å²) in [5.41, 5.74) is 2.07. The van der Waals surface area contributed by atoms with Gasteiger partial charge in [-0.1, -0.05) is 37.8 Å². The van der Waals surface area contributed by atoms with Crippen LogP contribution in [0.25, 0.3) is 4.95 Å². The van der Waals surface area contributed by atoms with Gasteiger partial charge in [-0.15, -0.1) is 16.3 Å². The third-order valence-electron chi connectivity index (χ3n) is 5.78. The third-order valence-corrected chi connectivity index (χ3v) is 6.64. The van der Waals surface area contributed by atoms with Crippen LogP contribution < -0.4 is 0 Å². The number of rotatable bonds is 10. The molecule has 0 atom stereocenters. The van der Waals surface area contributed by atoms with Crippen LogP contribution in [0.4, 0.5) is 0 Å². The van der Waals surface area contributed by atoms with Crippen LogP contribution >= 0.6 is 11.3 Å². The minimum absolute atomic E-state index is 0.201. The fourth-order valence-electron chi connectivity index (χ4n) is 4.08. The molecule has 1 amide bonds. The lowest BCUT2D eigenvalue weighted by molar-refractivity contribution is 0.0690. The molecule has 0 radical (unpaired) electrons. The summed E-state index contributed by atoms with van der Waals surface area (Å²) in [6.07, 6.45) is 13.5. The molecule has 30 heavy (non-hydrogen) atoms. The smallest absolute Gasteiger partial charge is 0.263 e. The van der Waals surface area contributed by atoms with Crippen LogP contribution in [0.15, 0.2) is 47.1 Å². The van der Waals surface area contributed by atoms with Crippen LogP contribution in [0, 0.1) is 12.5 Å². The maximum atomic E-state index is 12.4. The molecule has 5 nitrogen and oxygen atoms in total. The second-order valence-electron chi connectivity index (χ2n) is 7.97. The number of amides is 1. The number of hydrogen-bond acceptors (Lipinski definition) is 4. The van der Waals surface area contributed by atoms with E-state index in [2.05, 4.69) is 15.0 Å². The molecule has 6 heteroatoms. The van der Waals surface area contributed by atoms with Crippen LogP contribution in [-0.4, -0.2) is 34.6 Å². The van der Waals surface area contributed by atoms with Crippen LogP contribution in [0.1, 0.15) is 66.6 Å². The lowest BCUT2D eigenvalue weighted by atomic mass is 9.91. The van der Waals surface area contributed by atoms with Crippen molar-refractivity contribution in [1.29, 1.82) is 0 Å². The fourth-order valence-corrected chi connectivity index (χ4v) is 4.77. The van der Waals surface area contributed by atoms with Gasteiger partial charge in [0.05, 0.1) is 9.98 Å². The number of hydrogen-bond donors (Lipinski definition) is 0. The maximum absolute atomic E-state index is 12.4. The second kappa shape index (κ2) is 12.2. The van der Waals surface area contributed by atoms with Crippen LogP contribution in [-0.2, 0) is 6.42 Å². The molecule has 3 heterocycles. The lowest BCUT2D eigenvalue weighted by Crippen LogP contribution is -2.38. The Morgan fingerprint density at radius 2 is 2.03 bits per heavy atom. The average molecular weight is 423 g/mol. The Bertz CT molecular complexity index is 834. The Balaban J connectivity index is 1.27. The molecule has 3 rings (SSSR count). The van der Waals surface area contributed by atoms with Gasteiger partial charge in [-0.25, -0.2) is 0 Å². The fraction of sp³-hybridized carbons (Fsp3) is 0.500. The number of likely N-dealkylation sites (tertiary alicyclic amines) is 1. The molecule has 0 aliphatic carbocycles. The molecule has 0 spiro atoms. The highest BCUT2D eigenvalue weighted by molar-refractivity contribution is 7.12.